The second-order valence-corrected chi connectivity index (χ2v) is 5.59. The lowest BCUT2D eigenvalue weighted by Crippen LogP contribution is -2.44. The molecule has 0 radical (unpaired) electrons. The first kappa shape index (κ1) is 13.4. The van der Waals surface area contributed by atoms with Crippen LogP contribution in [0.4, 0.5) is 0 Å². The highest BCUT2D eigenvalue weighted by Gasteiger charge is 2.17. The van der Waals surface area contributed by atoms with Crippen LogP contribution in [-0.4, -0.2) is 45.6 Å². The van der Waals surface area contributed by atoms with Crippen LogP contribution in [0.25, 0.3) is 22.6 Å². The average molecular weight is 293 g/mol. The van der Waals surface area contributed by atoms with Gasteiger partial charge in [-0.05, 0) is 12.1 Å². The first-order valence-electron chi connectivity index (χ1n) is 7.71. The molecule has 1 aliphatic heterocycles. The van der Waals surface area contributed by atoms with Crippen molar-refractivity contribution >= 4 is 11.2 Å². The SMILES string of the molecule is c1ccc(-c2nc3cccnc3n2CN2CCNCC2)cc1. The van der Waals surface area contributed by atoms with Crippen LogP contribution < -0.4 is 5.32 Å². The van der Waals surface area contributed by atoms with Crippen molar-refractivity contribution < 1.29 is 0 Å². The summed E-state index contributed by atoms with van der Waals surface area (Å²) in [7, 11) is 0. The molecule has 0 bridgehead atoms. The molecule has 1 aliphatic rings. The molecule has 0 saturated carbocycles. The first-order chi connectivity index (χ1) is 10.9. The third kappa shape index (κ3) is 2.49. The largest absolute Gasteiger partial charge is 0.314 e. The van der Waals surface area contributed by atoms with Gasteiger partial charge in [-0.1, -0.05) is 30.3 Å². The van der Waals surface area contributed by atoms with Gasteiger partial charge < -0.3 is 5.32 Å². The molecule has 4 rings (SSSR count). The molecular weight excluding hydrogens is 274 g/mol. The van der Waals surface area contributed by atoms with Crippen molar-refractivity contribution in [3.63, 3.8) is 0 Å². The van der Waals surface area contributed by atoms with Crippen LogP contribution in [0.3, 0.4) is 0 Å². The normalized spacial score (nSPS) is 16.2. The van der Waals surface area contributed by atoms with Gasteiger partial charge in [-0.25, -0.2) is 9.97 Å². The zero-order chi connectivity index (χ0) is 14.8. The minimum atomic E-state index is 0.833. The van der Waals surface area contributed by atoms with E-state index in [0.29, 0.717) is 0 Å². The molecule has 0 unspecified atom stereocenters. The van der Waals surface area contributed by atoms with Gasteiger partial charge in [0.2, 0.25) is 0 Å². The maximum atomic E-state index is 4.81. The number of piperazine rings is 1. The van der Waals surface area contributed by atoms with Crippen LogP contribution in [0.1, 0.15) is 0 Å². The summed E-state index contributed by atoms with van der Waals surface area (Å²) in [6.07, 6.45) is 1.84. The first-order valence-corrected chi connectivity index (χ1v) is 7.71. The smallest absolute Gasteiger partial charge is 0.161 e. The van der Waals surface area contributed by atoms with Gasteiger partial charge in [-0.15, -0.1) is 0 Å². The van der Waals surface area contributed by atoms with E-state index in [-0.39, 0.29) is 0 Å². The predicted molar refractivity (Wildman–Crippen MR) is 87.4 cm³/mol. The van der Waals surface area contributed by atoms with Gasteiger partial charge in [0.1, 0.15) is 11.3 Å². The summed E-state index contributed by atoms with van der Waals surface area (Å²) in [6, 6.07) is 14.3. The van der Waals surface area contributed by atoms with Crippen LogP contribution in [0.2, 0.25) is 0 Å². The van der Waals surface area contributed by atoms with Crippen LogP contribution in [0.15, 0.2) is 48.7 Å². The van der Waals surface area contributed by atoms with Crippen molar-refractivity contribution in [1.29, 1.82) is 0 Å². The number of aromatic nitrogens is 3. The van der Waals surface area contributed by atoms with E-state index in [4.69, 9.17) is 4.98 Å². The van der Waals surface area contributed by atoms with Crippen LogP contribution in [0, 0.1) is 0 Å². The van der Waals surface area contributed by atoms with Crippen LogP contribution in [0.5, 0.6) is 0 Å². The van der Waals surface area contributed by atoms with E-state index in [1.165, 1.54) is 0 Å². The number of rotatable bonds is 3. The number of nitrogens with zero attached hydrogens (tertiary/aromatic N) is 4. The van der Waals surface area contributed by atoms with Gasteiger partial charge in [0.15, 0.2) is 5.65 Å². The third-order valence-corrected chi connectivity index (χ3v) is 4.09. The van der Waals surface area contributed by atoms with E-state index in [1.54, 1.807) is 0 Å². The Hall–Kier alpha value is -2.24. The van der Waals surface area contributed by atoms with Crippen LogP contribution >= 0.6 is 0 Å². The minimum absolute atomic E-state index is 0.833. The van der Waals surface area contributed by atoms with Crippen molar-refractivity contribution in [3.05, 3.63) is 48.7 Å². The highest BCUT2D eigenvalue weighted by molar-refractivity contribution is 5.76. The fourth-order valence-corrected chi connectivity index (χ4v) is 2.95. The number of hydrogen-bond donors (Lipinski definition) is 1. The zero-order valence-electron chi connectivity index (χ0n) is 12.4. The highest BCUT2D eigenvalue weighted by Crippen LogP contribution is 2.23. The number of nitrogens with one attached hydrogen (secondary N) is 1. The van der Waals surface area contributed by atoms with E-state index in [9.17, 15) is 0 Å². The molecule has 22 heavy (non-hydrogen) atoms. The van der Waals surface area contributed by atoms with E-state index in [2.05, 4.69) is 44.0 Å². The van der Waals surface area contributed by atoms with E-state index in [0.717, 1.165) is 55.4 Å². The molecule has 1 saturated heterocycles. The third-order valence-electron chi connectivity index (χ3n) is 4.09. The summed E-state index contributed by atoms with van der Waals surface area (Å²) >= 11 is 0. The Labute approximate surface area is 129 Å². The quantitative estimate of drug-likeness (QED) is 0.802. The maximum absolute atomic E-state index is 4.81. The van der Waals surface area contributed by atoms with Crippen molar-refractivity contribution in [1.82, 2.24) is 24.8 Å². The summed E-state index contributed by atoms with van der Waals surface area (Å²) in [6.45, 7) is 5.03. The molecule has 0 amide bonds. The number of imidazole rings is 1. The second-order valence-electron chi connectivity index (χ2n) is 5.59. The topological polar surface area (TPSA) is 46.0 Å². The molecule has 0 atom stereocenters. The van der Waals surface area contributed by atoms with Crippen molar-refractivity contribution in [3.8, 4) is 11.4 Å². The van der Waals surface area contributed by atoms with Crippen molar-refractivity contribution in [2.24, 2.45) is 0 Å². The van der Waals surface area contributed by atoms with Crippen molar-refractivity contribution in [2.75, 3.05) is 26.2 Å². The summed E-state index contributed by atoms with van der Waals surface area (Å²) in [5.41, 5.74) is 3.05. The number of benzene rings is 1. The predicted octanol–water partition coefficient (Wildman–Crippen LogP) is 1.96. The minimum Gasteiger partial charge on any atom is -0.314 e. The highest BCUT2D eigenvalue weighted by atomic mass is 15.3. The fraction of sp³-hybridized carbons (Fsp3) is 0.294. The Kier molecular flexibility index (Phi) is 3.58. The molecule has 2 aromatic heterocycles. The maximum Gasteiger partial charge on any atom is 0.161 e. The van der Waals surface area contributed by atoms with E-state index >= 15 is 0 Å². The number of fused-ring (bicyclic) bond motifs is 1. The number of hydrogen-bond acceptors (Lipinski definition) is 4. The second kappa shape index (κ2) is 5.87. The van der Waals surface area contributed by atoms with Gasteiger partial charge in [-0.2, -0.15) is 0 Å². The monoisotopic (exact) mass is 293 g/mol. The van der Waals surface area contributed by atoms with Gasteiger partial charge in [0.25, 0.3) is 0 Å². The molecule has 1 fully saturated rings. The molecule has 3 heterocycles. The molecule has 5 nitrogen and oxygen atoms in total. The molecular formula is C17H19N5. The summed E-state index contributed by atoms with van der Waals surface area (Å²) < 4.78 is 2.23. The molecule has 0 spiro atoms. The molecule has 1 N–H and O–H groups in total. The van der Waals surface area contributed by atoms with E-state index in [1.807, 2.05) is 24.4 Å². The summed E-state index contributed by atoms with van der Waals surface area (Å²) in [5.74, 6) is 0.993. The van der Waals surface area contributed by atoms with Gasteiger partial charge in [-0.3, -0.25) is 9.47 Å². The Morgan fingerprint density at radius 2 is 1.82 bits per heavy atom. The van der Waals surface area contributed by atoms with Gasteiger partial charge in [0, 0.05) is 37.9 Å². The Morgan fingerprint density at radius 3 is 2.64 bits per heavy atom. The summed E-state index contributed by atoms with van der Waals surface area (Å²) in [5, 5.41) is 3.40. The Balaban J connectivity index is 1.79. The van der Waals surface area contributed by atoms with Crippen LogP contribution in [-0.2, 0) is 6.67 Å². The molecule has 1 aromatic carbocycles. The van der Waals surface area contributed by atoms with Gasteiger partial charge >= 0.3 is 0 Å². The standard InChI is InChI=1S/C17H19N5/c1-2-5-14(6-3-1)16-20-15-7-4-8-19-17(15)22(16)13-21-11-9-18-10-12-21/h1-8,18H,9-13H2. The fourth-order valence-electron chi connectivity index (χ4n) is 2.95. The van der Waals surface area contributed by atoms with Crippen molar-refractivity contribution in [2.45, 2.75) is 6.67 Å². The molecule has 0 aliphatic carbocycles. The molecule has 112 valence electrons. The lowest BCUT2D eigenvalue weighted by atomic mass is 10.2. The summed E-state index contributed by atoms with van der Waals surface area (Å²) in [4.78, 5) is 11.8. The lowest BCUT2D eigenvalue weighted by molar-refractivity contribution is 0.196. The zero-order valence-corrected chi connectivity index (χ0v) is 12.4. The van der Waals surface area contributed by atoms with E-state index < -0.39 is 0 Å². The van der Waals surface area contributed by atoms with Gasteiger partial charge in [0.05, 0.1) is 6.67 Å². The molecule has 3 aromatic rings. The Morgan fingerprint density at radius 1 is 1.00 bits per heavy atom. The average Bonchev–Trinajstić information content (AvgIpc) is 2.95. The Bertz CT molecular complexity index is 759. The molecule has 5 heteroatoms. The lowest BCUT2D eigenvalue weighted by Gasteiger charge is -2.28. The number of pyridine rings is 1.